The molecule has 1 aromatic heterocycles. The molecule has 0 radical (unpaired) electrons. The lowest BCUT2D eigenvalue weighted by Gasteiger charge is -2.05. The van der Waals surface area contributed by atoms with Crippen molar-refractivity contribution >= 4 is 32.9 Å². The standard InChI is InChI=1S/C15H8BrF2NO4/c16-13-11(22-6-12(20)21)4-2-8-14(19-23-15(8)13)9-5-7(17)1-3-10(9)18/h1-5H,6H2,(H,20,21). The van der Waals surface area contributed by atoms with Gasteiger partial charge in [0.25, 0.3) is 0 Å². The van der Waals surface area contributed by atoms with E-state index in [9.17, 15) is 13.6 Å². The van der Waals surface area contributed by atoms with E-state index >= 15 is 0 Å². The minimum atomic E-state index is -1.13. The SMILES string of the molecule is O=C(O)COc1ccc2c(-c3cc(F)ccc3F)noc2c1Br. The molecule has 0 aliphatic carbocycles. The topological polar surface area (TPSA) is 72.6 Å². The molecular weight excluding hydrogens is 376 g/mol. The van der Waals surface area contributed by atoms with Gasteiger partial charge in [0.1, 0.15) is 27.6 Å². The van der Waals surface area contributed by atoms with Gasteiger partial charge in [-0.3, -0.25) is 0 Å². The average Bonchev–Trinajstić information content (AvgIpc) is 2.93. The number of hydrogen-bond donors (Lipinski definition) is 1. The quantitative estimate of drug-likeness (QED) is 0.736. The summed E-state index contributed by atoms with van der Waals surface area (Å²) < 4.78 is 37.8. The molecule has 0 fully saturated rings. The third-order valence-electron chi connectivity index (χ3n) is 3.08. The Balaban J connectivity index is 2.10. The number of carbonyl (C=O) groups is 1. The Bertz CT molecular complexity index is 910. The van der Waals surface area contributed by atoms with Gasteiger partial charge in [-0.15, -0.1) is 0 Å². The minimum Gasteiger partial charge on any atom is -0.481 e. The molecule has 0 bridgehead atoms. The Kier molecular flexibility index (Phi) is 3.99. The molecule has 1 N–H and O–H groups in total. The van der Waals surface area contributed by atoms with E-state index in [1.807, 2.05) is 0 Å². The van der Waals surface area contributed by atoms with Crippen LogP contribution in [0.25, 0.3) is 22.2 Å². The van der Waals surface area contributed by atoms with Crippen molar-refractivity contribution in [3.05, 3.63) is 46.4 Å². The van der Waals surface area contributed by atoms with Crippen LogP contribution in [0.15, 0.2) is 39.3 Å². The van der Waals surface area contributed by atoms with Gasteiger partial charge in [0, 0.05) is 5.56 Å². The molecule has 5 nitrogen and oxygen atoms in total. The van der Waals surface area contributed by atoms with Crippen LogP contribution in [0.5, 0.6) is 5.75 Å². The lowest BCUT2D eigenvalue weighted by molar-refractivity contribution is -0.139. The van der Waals surface area contributed by atoms with Crippen LogP contribution in [0, 0.1) is 11.6 Å². The fraction of sp³-hybridized carbons (Fsp3) is 0.0667. The Labute approximate surface area is 136 Å². The number of carboxylic acids is 1. The summed E-state index contributed by atoms with van der Waals surface area (Å²) in [5.41, 5.74) is 0.351. The first kappa shape index (κ1) is 15.4. The monoisotopic (exact) mass is 383 g/mol. The number of halogens is 3. The number of fused-ring (bicyclic) bond motifs is 1. The zero-order valence-corrected chi connectivity index (χ0v) is 12.9. The van der Waals surface area contributed by atoms with Crippen molar-refractivity contribution in [2.45, 2.75) is 0 Å². The number of carboxylic acid groups (broad SMARTS) is 1. The summed E-state index contributed by atoms with van der Waals surface area (Å²) in [5, 5.41) is 12.9. The van der Waals surface area contributed by atoms with E-state index in [1.54, 1.807) is 0 Å². The molecule has 0 saturated carbocycles. The number of hydrogen-bond acceptors (Lipinski definition) is 4. The van der Waals surface area contributed by atoms with E-state index in [0.717, 1.165) is 18.2 Å². The van der Waals surface area contributed by atoms with E-state index in [2.05, 4.69) is 21.1 Å². The maximum atomic E-state index is 13.9. The first-order valence-corrected chi connectivity index (χ1v) is 7.14. The second-order valence-corrected chi connectivity index (χ2v) is 5.39. The zero-order chi connectivity index (χ0) is 16.6. The highest BCUT2D eigenvalue weighted by Crippen LogP contribution is 2.38. The summed E-state index contributed by atoms with van der Waals surface area (Å²) in [6.45, 7) is -0.524. The van der Waals surface area contributed by atoms with Crippen molar-refractivity contribution in [3.63, 3.8) is 0 Å². The Hall–Kier alpha value is -2.48. The molecule has 3 rings (SSSR count). The third-order valence-corrected chi connectivity index (χ3v) is 3.83. The predicted molar refractivity (Wildman–Crippen MR) is 80.2 cm³/mol. The van der Waals surface area contributed by atoms with Crippen molar-refractivity contribution in [1.29, 1.82) is 0 Å². The molecule has 1 heterocycles. The molecule has 0 aliphatic heterocycles. The maximum absolute atomic E-state index is 13.9. The van der Waals surface area contributed by atoms with Gasteiger partial charge < -0.3 is 14.4 Å². The van der Waals surface area contributed by atoms with Gasteiger partial charge in [0.2, 0.25) is 0 Å². The highest BCUT2D eigenvalue weighted by molar-refractivity contribution is 9.10. The molecule has 2 aromatic carbocycles. The molecule has 0 saturated heterocycles. The predicted octanol–water partition coefficient (Wildman–Crippen LogP) is 4.00. The summed E-state index contributed by atoms with van der Waals surface area (Å²) in [4.78, 5) is 10.6. The van der Waals surface area contributed by atoms with Crippen molar-refractivity contribution in [3.8, 4) is 17.0 Å². The minimum absolute atomic E-state index is 0.0325. The van der Waals surface area contributed by atoms with Crippen LogP contribution in [-0.2, 0) is 4.79 Å². The third kappa shape index (κ3) is 2.89. The lowest BCUT2D eigenvalue weighted by Crippen LogP contribution is -2.09. The van der Waals surface area contributed by atoms with Crippen LogP contribution < -0.4 is 4.74 Å². The van der Waals surface area contributed by atoms with Gasteiger partial charge in [-0.25, -0.2) is 13.6 Å². The molecule has 0 atom stereocenters. The van der Waals surface area contributed by atoms with E-state index < -0.39 is 24.2 Å². The van der Waals surface area contributed by atoms with Gasteiger partial charge in [-0.05, 0) is 46.3 Å². The van der Waals surface area contributed by atoms with Crippen LogP contribution in [0.4, 0.5) is 8.78 Å². The molecule has 0 spiro atoms. The van der Waals surface area contributed by atoms with Crippen LogP contribution in [0.1, 0.15) is 0 Å². The van der Waals surface area contributed by atoms with Crippen molar-refractivity contribution in [1.82, 2.24) is 5.16 Å². The van der Waals surface area contributed by atoms with Crippen molar-refractivity contribution < 1.29 is 27.9 Å². The maximum Gasteiger partial charge on any atom is 0.341 e. The molecular formula is C15H8BrF2NO4. The summed E-state index contributed by atoms with van der Waals surface area (Å²) >= 11 is 3.23. The summed E-state index contributed by atoms with van der Waals surface area (Å²) in [5.74, 6) is -2.12. The van der Waals surface area contributed by atoms with Gasteiger partial charge in [-0.2, -0.15) is 0 Å². The smallest absolute Gasteiger partial charge is 0.341 e. The number of aromatic nitrogens is 1. The van der Waals surface area contributed by atoms with Crippen molar-refractivity contribution in [2.24, 2.45) is 0 Å². The number of rotatable bonds is 4. The number of benzene rings is 2. The number of ether oxygens (including phenoxy) is 1. The largest absolute Gasteiger partial charge is 0.481 e. The Morgan fingerprint density at radius 1 is 1.30 bits per heavy atom. The fourth-order valence-electron chi connectivity index (χ4n) is 2.08. The van der Waals surface area contributed by atoms with Gasteiger partial charge in [-0.1, -0.05) is 5.16 Å². The number of nitrogens with zero attached hydrogens (tertiary/aromatic N) is 1. The normalized spacial score (nSPS) is 10.9. The summed E-state index contributed by atoms with van der Waals surface area (Å²) in [6.07, 6.45) is 0. The second kappa shape index (κ2) is 5.96. The van der Waals surface area contributed by atoms with Crippen LogP contribution in [-0.4, -0.2) is 22.8 Å². The van der Waals surface area contributed by atoms with E-state index in [0.29, 0.717) is 9.86 Å². The summed E-state index contributed by atoms with van der Waals surface area (Å²) in [6, 6.07) is 6.06. The molecule has 118 valence electrons. The fourth-order valence-corrected chi connectivity index (χ4v) is 2.61. The van der Waals surface area contributed by atoms with E-state index in [4.69, 9.17) is 14.4 Å². The van der Waals surface area contributed by atoms with Crippen LogP contribution in [0.2, 0.25) is 0 Å². The summed E-state index contributed by atoms with van der Waals surface area (Å²) in [7, 11) is 0. The molecule has 23 heavy (non-hydrogen) atoms. The number of aliphatic carboxylic acids is 1. The molecule has 0 aliphatic rings. The molecule has 3 aromatic rings. The van der Waals surface area contributed by atoms with Crippen LogP contribution in [0.3, 0.4) is 0 Å². The van der Waals surface area contributed by atoms with Gasteiger partial charge in [0.15, 0.2) is 12.2 Å². The molecule has 8 heteroatoms. The lowest BCUT2D eigenvalue weighted by atomic mass is 10.1. The molecule has 0 unspecified atom stereocenters. The van der Waals surface area contributed by atoms with Crippen LogP contribution >= 0.6 is 15.9 Å². The van der Waals surface area contributed by atoms with Gasteiger partial charge in [0.05, 0.1) is 5.39 Å². The second-order valence-electron chi connectivity index (χ2n) is 4.59. The van der Waals surface area contributed by atoms with E-state index in [1.165, 1.54) is 12.1 Å². The Morgan fingerprint density at radius 2 is 2.09 bits per heavy atom. The van der Waals surface area contributed by atoms with Gasteiger partial charge >= 0.3 is 5.97 Å². The zero-order valence-electron chi connectivity index (χ0n) is 11.3. The molecule has 0 amide bonds. The average molecular weight is 384 g/mol. The first-order valence-electron chi connectivity index (χ1n) is 6.35. The van der Waals surface area contributed by atoms with E-state index in [-0.39, 0.29) is 22.6 Å². The Morgan fingerprint density at radius 3 is 2.83 bits per heavy atom. The highest BCUT2D eigenvalue weighted by atomic mass is 79.9. The first-order chi connectivity index (χ1) is 11.0. The van der Waals surface area contributed by atoms with Crippen molar-refractivity contribution in [2.75, 3.05) is 6.61 Å². The highest BCUT2D eigenvalue weighted by Gasteiger charge is 2.19.